The third kappa shape index (κ3) is 5.03. The van der Waals surface area contributed by atoms with E-state index >= 15 is 0 Å². The second-order valence-electron chi connectivity index (χ2n) is 6.79. The smallest absolute Gasteiger partial charge is 0.331 e. The molecular formula is C22H27NO5. The SMILES string of the molecule is COc1c(C)c(O)c(C)c(/C=C(\CCCCCc2cccnc2)C(=O)O)c1O. The maximum Gasteiger partial charge on any atom is 0.331 e. The van der Waals surface area contributed by atoms with E-state index in [1.807, 2.05) is 18.3 Å². The van der Waals surface area contributed by atoms with Crippen LogP contribution in [0.25, 0.3) is 6.08 Å². The summed E-state index contributed by atoms with van der Waals surface area (Å²) in [5, 5.41) is 30.3. The van der Waals surface area contributed by atoms with Gasteiger partial charge in [0.2, 0.25) is 0 Å². The minimum Gasteiger partial charge on any atom is -0.507 e. The summed E-state index contributed by atoms with van der Waals surface area (Å²) < 4.78 is 5.16. The van der Waals surface area contributed by atoms with E-state index in [2.05, 4.69) is 4.98 Å². The van der Waals surface area contributed by atoms with E-state index in [0.717, 1.165) is 19.3 Å². The number of aliphatic carboxylic acids is 1. The van der Waals surface area contributed by atoms with Gasteiger partial charge in [-0.15, -0.1) is 0 Å². The van der Waals surface area contributed by atoms with Crippen molar-refractivity contribution < 1.29 is 24.9 Å². The minimum absolute atomic E-state index is 0.0119. The van der Waals surface area contributed by atoms with E-state index in [0.29, 0.717) is 24.0 Å². The van der Waals surface area contributed by atoms with Crippen LogP contribution in [0.2, 0.25) is 0 Å². The van der Waals surface area contributed by atoms with Crippen LogP contribution >= 0.6 is 0 Å². The molecular weight excluding hydrogens is 358 g/mol. The van der Waals surface area contributed by atoms with Crippen molar-refractivity contribution in [3.8, 4) is 17.2 Å². The zero-order chi connectivity index (χ0) is 20.7. The average molecular weight is 385 g/mol. The number of carbonyl (C=O) groups is 1. The molecule has 3 N–H and O–H groups in total. The Kier molecular flexibility index (Phi) is 7.44. The van der Waals surface area contributed by atoms with Gasteiger partial charge < -0.3 is 20.1 Å². The molecule has 0 amide bonds. The molecule has 0 radical (unpaired) electrons. The zero-order valence-corrected chi connectivity index (χ0v) is 16.5. The highest BCUT2D eigenvalue weighted by Gasteiger charge is 2.20. The van der Waals surface area contributed by atoms with Crippen LogP contribution in [0.5, 0.6) is 17.2 Å². The summed E-state index contributed by atoms with van der Waals surface area (Å²) in [6.45, 7) is 3.27. The number of unbranched alkanes of at least 4 members (excludes halogenated alkanes) is 2. The molecule has 0 aliphatic rings. The molecule has 0 atom stereocenters. The third-order valence-corrected chi connectivity index (χ3v) is 4.86. The molecule has 0 fully saturated rings. The summed E-state index contributed by atoms with van der Waals surface area (Å²) in [7, 11) is 1.39. The summed E-state index contributed by atoms with van der Waals surface area (Å²) in [5.74, 6) is -1.06. The van der Waals surface area contributed by atoms with Crippen LogP contribution in [0.4, 0.5) is 0 Å². The molecule has 6 nitrogen and oxygen atoms in total. The predicted octanol–water partition coefficient (Wildman–Crippen LogP) is 4.39. The molecule has 0 unspecified atom stereocenters. The van der Waals surface area contributed by atoms with Crippen LogP contribution in [0.1, 0.15) is 47.9 Å². The van der Waals surface area contributed by atoms with Crippen LogP contribution in [-0.4, -0.2) is 33.4 Å². The number of aryl methyl sites for hydroxylation is 1. The van der Waals surface area contributed by atoms with Gasteiger partial charge >= 0.3 is 5.97 Å². The lowest BCUT2D eigenvalue weighted by Crippen LogP contribution is -2.02. The number of rotatable bonds is 9. The molecule has 0 saturated heterocycles. The fraction of sp³-hybridized carbons (Fsp3) is 0.364. The van der Waals surface area contributed by atoms with Gasteiger partial charge in [0.25, 0.3) is 0 Å². The molecule has 0 aliphatic carbocycles. The second kappa shape index (κ2) is 9.78. The number of pyridine rings is 1. The Morgan fingerprint density at radius 3 is 2.50 bits per heavy atom. The monoisotopic (exact) mass is 385 g/mol. The topological polar surface area (TPSA) is 99.9 Å². The lowest BCUT2D eigenvalue weighted by atomic mass is 9.97. The number of benzene rings is 1. The Morgan fingerprint density at radius 1 is 1.14 bits per heavy atom. The van der Waals surface area contributed by atoms with Gasteiger partial charge in [-0.25, -0.2) is 4.79 Å². The molecule has 0 saturated carbocycles. The summed E-state index contributed by atoms with van der Waals surface area (Å²) in [6.07, 6.45) is 8.83. The first-order valence-electron chi connectivity index (χ1n) is 9.28. The zero-order valence-electron chi connectivity index (χ0n) is 16.5. The fourth-order valence-electron chi connectivity index (χ4n) is 3.20. The molecule has 2 aromatic rings. The summed E-state index contributed by atoms with van der Waals surface area (Å²) in [4.78, 5) is 15.8. The van der Waals surface area contributed by atoms with Crippen LogP contribution in [-0.2, 0) is 11.2 Å². The molecule has 2 rings (SSSR count). The van der Waals surface area contributed by atoms with Crippen molar-refractivity contribution in [2.45, 2.75) is 46.0 Å². The third-order valence-electron chi connectivity index (χ3n) is 4.86. The molecule has 6 heteroatoms. The van der Waals surface area contributed by atoms with Gasteiger partial charge in [0.1, 0.15) is 5.75 Å². The molecule has 0 spiro atoms. The Bertz CT molecular complexity index is 859. The lowest BCUT2D eigenvalue weighted by Gasteiger charge is -2.15. The molecule has 28 heavy (non-hydrogen) atoms. The van der Waals surface area contributed by atoms with Gasteiger partial charge in [-0.3, -0.25) is 4.98 Å². The molecule has 1 aromatic carbocycles. The second-order valence-corrected chi connectivity index (χ2v) is 6.79. The van der Waals surface area contributed by atoms with E-state index < -0.39 is 5.97 Å². The minimum atomic E-state index is -1.04. The predicted molar refractivity (Wildman–Crippen MR) is 108 cm³/mol. The average Bonchev–Trinajstić information content (AvgIpc) is 2.68. The van der Waals surface area contributed by atoms with Gasteiger partial charge in [0, 0.05) is 34.7 Å². The number of phenols is 2. The van der Waals surface area contributed by atoms with E-state index in [-0.39, 0.29) is 28.4 Å². The highest BCUT2D eigenvalue weighted by molar-refractivity contribution is 5.93. The number of carboxylic acids is 1. The number of nitrogens with zero attached hydrogens (tertiary/aromatic N) is 1. The molecule has 0 aliphatic heterocycles. The number of hydrogen-bond donors (Lipinski definition) is 3. The van der Waals surface area contributed by atoms with Crippen LogP contribution < -0.4 is 4.74 Å². The first-order valence-corrected chi connectivity index (χ1v) is 9.28. The summed E-state index contributed by atoms with van der Waals surface area (Å²) >= 11 is 0. The van der Waals surface area contributed by atoms with E-state index in [1.165, 1.54) is 18.7 Å². The number of hydrogen-bond acceptors (Lipinski definition) is 5. The van der Waals surface area contributed by atoms with Crippen LogP contribution in [0, 0.1) is 13.8 Å². The maximum atomic E-state index is 11.7. The van der Waals surface area contributed by atoms with Gasteiger partial charge in [-0.1, -0.05) is 12.5 Å². The molecule has 150 valence electrons. The van der Waals surface area contributed by atoms with E-state index in [4.69, 9.17) is 4.74 Å². The van der Waals surface area contributed by atoms with Gasteiger partial charge in [-0.05, 0) is 57.2 Å². The number of phenolic OH excluding ortho intramolecular Hbond substituents is 2. The molecule has 1 aromatic heterocycles. The largest absolute Gasteiger partial charge is 0.507 e. The number of carboxylic acid groups (broad SMARTS) is 1. The highest BCUT2D eigenvalue weighted by Crippen LogP contribution is 2.43. The van der Waals surface area contributed by atoms with Crippen molar-refractivity contribution in [2.24, 2.45) is 0 Å². The first-order chi connectivity index (χ1) is 13.4. The lowest BCUT2D eigenvalue weighted by molar-refractivity contribution is -0.132. The normalized spacial score (nSPS) is 11.5. The number of ether oxygens (including phenoxy) is 1. The fourth-order valence-corrected chi connectivity index (χ4v) is 3.20. The molecule has 0 bridgehead atoms. The Balaban J connectivity index is 2.10. The highest BCUT2D eigenvalue weighted by atomic mass is 16.5. The van der Waals surface area contributed by atoms with E-state index in [1.54, 1.807) is 20.0 Å². The van der Waals surface area contributed by atoms with Crippen molar-refractivity contribution in [3.05, 3.63) is 52.4 Å². The number of aromatic nitrogens is 1. The Hall–Kier alpha value is -3.02. The van der Waals surface area contributed by atoms with Gasteiger partial charge in [-0.2, -0.15) is 0 Å². The van der Waals surface area contributed by atoms with Crippen LogP contribution in [0.15, 0.2) is 30.1 Å². The quantitative estimate of drug-likeness (QED) is 0.336. The Morgan fingerprint density at radius 2 is 1.89 bits per heavy atom. The van der Waals surface area contributed by atoms with Crippen LogP contribution in [0.3, 0.4) is 0 Å². The summed E-state index contributed by atoms with van der Waals surface area (Å²) in [5.41, 5.74) is 2.46. The van der Waals surface area contributed by atoms with Crippen molar-refractivity contribution in [1.29, 1.82) is 0 Å². The standard InChI is InChI=1S/C22H27NO5/c1-14-18(20(25)21(28-3)15(2)19(14)24)12-17(22(26)27)10-6-4-5-8-16-9-7-11-23-13-16/h7,9,11-13,24-25H,4-6,8,10H2,1-3H3,(H,26,27)/b17-12+. The first kappa shape index (κ1) is 21.3. The van der Waals surface area contributed by atoms with Crippen molar-refractivity contribution in [2.75, 3.05) is 7.11 Å². The van der Waals surface area contributed by atoms with Gasteiger partial charge in [0.15, 0.2) is 11.5 Å². The molecule has 1 heterocycles. The Labute approximate surface area is 165 Å². The van der Waals surface area contributed by atoms with Crippen molar-refractivity contribution in [3.63, 3.8) is 0 Å². The number of methoxy groups -OCH3 is 1. The van der Waals surface area contributed by atoms with E-state index in [9.17, 15) is 20.1 Å². The summed E-state index contributed by atoms with van der Waals surface area (Å²) in [6, 6.07) is 3.93. The maximum absolute atomic E-state index is 11.7. The van der Waals surface area contributed by atoms with Crippen molar-refractivity contribution in [1.82, 2.24) is 4.98 Å². The number of aromatic hydroxyl groups is 2. The van der Waals surface area contributed by atoms with Gasteiger partial charge in [0.05, 0.1) is 7.11 Å². The van der Waals surface area contributed by atoms with Crippen molar-refractivity contribution >= 4 is 12.0 Å².